The van der Waals surface area contributed by atoms with Crippen LogP contribution in [0.15, 0.2) is 60.7 Å². The van der Waals surface area contributed by atoms with Crippen molar-refractivity contribution in [2.45, 2.75) is 6.92 Å². The fourth-order valence-electron chi connectivity index (χ4n) is 2.83. The number of hydrogen-bond donors (Lipinski definition) is 1. The fraction of sp³-hybridized carbons (Fsp3) is 0.0909. The van der Waals surface area contributed by atoms with Crippen molar-refractivity contribution in [2.24, 2.45) is 0 Å². The Morgan fingerprint density at radius 3 is 2.72 bits per heavy atom. The van der Waals surface area contributed by atoms with E-state index in [1.54, 1.807) is 47.7 Å². The lowest BCUT2D eigenvalue weighted by Crippen LogP contribution is -2.20. The lowest BCUT2D eigenvalue weighted by molar-refractivity contribution is -0.118. The van der Waals surface area contributed by atoms with Gasteiger partial charge in [0, 0.05) is 15.6 Å². The molecule has 1 amide bonds. The first-order chi connectivity index (χ1) is 14.0. The van der Waals surface area contributed by atoms with Crippen molar-refractivity contribution < 1.29 is 9.53 Å². The molecular formula is C22H16Cl2N2O2S. The molecular weight excluding hydrogens is 427 g/mol. The van der Waals surface area contributed by atoms with Gasteiger partial charge in [-0.25, -0.2) is 4.98 Å². The van der Waals surface area contributed by atoms with Crippen LogP contribution in [0.2, 0.25) is 10.0 Å². The molecule has 0 aliphatic rings. The van der Waals surface area contributed by atoms with Crippen molar-refractivity contribution in [2.75, 3.05) is 11.9 Å². The molecule has 0 bridgehead atoms. The monoisotopic (exact) mass is 442 g/mol. The van der Waals surface area contributed by atoms with Gasteiger partial charge in [-0.3, -0.25) is 4.79 Å². The van der Waals surface area contributed by atoms with Crippen LogP contribution in [0.25, 0.3) is 20.8 Å². The van der Waals surface area contributed by atoms with Crippen LogP contribution in [0.5, 0.6) is 5.75 Å². The normalized spacial score (nSPS) is 10.9. The molecule has 1 heterocycles. The van der Waals surface area contributed by atoms with Gasteiger partial charge in [0.2, 0.25) is 0 Å². The smallest absolute Gasteiger partial charge is 0.262 e. The van der Waals surface area contributed by atoms with E-state index in [0.717, 1.165) is 26.4 Å². The molecule has 0 spiro atoms. The van der Waals surface area contributed by atoms with Crippen LogP contribution < -0.4 is 10.1 Å². The summed E-state index contributed by atoms with van der Waals surface area (Å²) >= 11 is 13.8. The van der Waals surface area contributed by atoms with Gasteiger partial charge in [-0.2, -0.15) is 0 Å². The van der Waals surface area contributed by atoms with E-state index in [4.69, 9.17) is 27.9 Å². The number of fused-ring (bicyclic) bond motifs is 1. The number of amides is 1. The Kier molecular flexibility index (Phi) is 5.72. The summed E-state index contributed by atoms with van der Waals surface area (Å²) in [6.45, 7) is 1.76. The maximum atomic E-state index is 12.5. The Labute approximate surface area is 182 Å². The average Bonchev–Trinajstić information content (AvgIpc) is 3.14. The fourth-order valence-corrected chi connectivity index (χ4v) is 4.12. The predicted molar refractivity (Wildman–Crippen MR) is 120 cm³/mol. The highest BCUT2D eigenvalue weighted by Gasteiger charge is 2.14. The molecule has 0 radical (unpaired) electrons. The summed E-state index contributed by atoms with van der Waals surface area (Å²) in [6.07, 6.45) is 0. The Morgan fingerprint density at radius 1 is 1.10 bits per heavy atom. The minimum atomic E-state index is -0.276. The molecule has 146 valence electrons. The number of nitrogens with zero attached hydrogens (tertiary/aromatic N) is 1. The van der Waals surface area contributed by atoms with Gasteiger partial charge in [-0.05, 0) is 61.0 Å². The number of ether oxygens (including phenoxy) is 1. The maximum Gasteiger partial charge on any atom is 0.262 e. The first-order valence-electron chi connectivity index (χ1n) is 8.84. The van der Waals surface area contributed by atoms with Crippen LogP contribution in [-0.2, 0) is 4.79 Å². The molecule has 1 aromatic heterocycles. The Bertz CT molecular complexity index is 1170. The second-order valence-electron chi connectivity index (χ2n) is 6.42. The number of thiazole rings is 1. The van der Waals surface area contributed by atoms with Crippen LogP contribution in [0.4, 0.5) is 5.69 Å². The van der Waals surface area contributed by atoms with Gasteiger partial charge in [0.25, 0.3) is 5.91 Å². The lowest BCUT2D eigenvalue weighted by atomic mass is 10.2. The van der Waals surface area contributed by atoms with Crippen LogP contribution in [0.3, 0.4) is 0 Å². The van der Waals surface area contributed by atoms with Crippen molar-refractivity contribution in [1.82, 2.24) is 4.98 Å². The van der Waals surface area contributed by atoms with Crippen molar-refractivity contribution in [1.29, 1.82) is 0 Å². The number of para-hydroxylation sites is 1. The zero-order valence-corrected chi connectivity index (χ0v) is 17.7. The molecule has 3 aromatic carbocycles. The van der Waals surface area contributed by atoms with E-state index in [9.17, 15) is 4.79 Å². The van der Waals surface area contributed by atoms with E-state index in [1.165, 1.54) is 0 Å². The van der Waals surface area contributed by atoms with Gasteiger partial charge in [0.15, 0.2) is 6.61 Å². The zero-order valence-electron chi connectivity index (χ0n) is 15.4. The molecule has 0 saturated carbocycles. The third-order valence-corrected chi connectivity index (χ3v) is 6.01. The van der Waals surface area contributed by atoms with Gasteiger partial charge >= 0.3 is 0 Å². The number of hydrogen-bond acceptors (Lipinski definition) is 4. The highest BCUT2D eigenvalue weighted by molar-refractivity contribution is 7.21. The molecule has 0 atom stereocenters. The standard InChI is InChI=1S/C22H16Cl2N2O2S/c1-13-10-15(7-8-17(13)24)28-12-21(27)25-18-9-6-14(23)11-16(18)22-26-19-4-2-3-5-20(19)29-22/h2-11H,12H2,1H3,(H,25,27). The minimum Gasteiger partial charge on any atom is -0.484 e. The van der Waals surface area contributed by atoms with E-state index >= 15 is 0 Å². The summed E-state index contributed by atoms with van der Waals surface area (Å²) in [7, 11) is 0. The molecule has 0 fully saturated rings. The first kappa shape index (κ1) is 19.7. The Hall–Kier alpha value is -2.60. The Balaban J connectivity index is 1.53. The number of halogens is 2. The summed E-state index contributed by atoms with van der Waals surface area (Å²) in [5.41, 5.74) is 3.20. The number of aryl methyl sites for hydroxylation is 1. The number of anilines is 1. The quantitative estimate of drug-likeness (QED) is 0.378. The SMILES string of the molecule is Cc1cc(OCC(=O)Nc2ccc(Cl)cc2-c2nc3ccccc3s2)ccc1Cl. The number of carbonyl (C=O) groups excluding carboxylic acids is 1. The van der Waals surface area contributed by atoms with Gasteiger partial charge in [-0.15, -0.1) is 11.3 Å². The highest BCUT2D eigenvalue weighted by Crippen LogP contribution is 2.36. The molecule has 7 heteroatoms. The van der Waals surface area contributed by atoms with Gasteiger partial charge in [0.1, 0.15) is 10.8 Å². The first-order valence-corrected chi connectivity index (χ1v) is 10.4. The van der Waals surface area contributed by atoms with Crippen LogP contribution in [-0.4, -0.2) is 17.5 Å². The number of aromatic nitrogens is 1. The van der Waals surface area contributed by atoms with Crippen molar-refractivity contribution in [3.05, 3.63) is 76.3 Å². The third-order valence-electron chi connectivity index (χ3n) is 4.28. The van der Waals surface area contributed by atoms with Crippen LogP contribution in [0.1, 0.15) is 5.56 Å². The van der Waals surface area contributed by atoms with Crippen LogP contribution in [0, 0.1) is 6.92 Å². The molecule has 0 aliphatic carbocycles. The number of benzene rings is 3. The molecule has 1 N–H and O–H groups in total. The largest absolute Gasteiger partial charge is 0.484 e. The molecule has 4 rings (SSSR count). The van der Waals surface area contributed by atoms with E-state index in [2.05, 4.69) is 10.3 Å². The summed E-state index contributed by atoms with van der Waals surface area (Å²) in [4.78, 5) is 17.1. The summed E-state index contributed by atoms with van der Waals surface area (Å²) < 4.78 is 6.65. The maximum absolute atomic E-state index is 12.5. The zero-order chi connectivity index (χ0) is 20.4. The van der Waals surface area contributed by atoms with Crippen molar-refractivity contribution in [3.63, 3.8) is 0 Å². The molecule has 0 unspecified atom stereocenters. The van der Waals surface area contributed by atoms with Gasteiger partial charge < -0.3 is 10.1 Å². The summed E-state index contributed by atoms with van der Waals surface area (Å²) in [6, 6.07) is 18.5. The lowest BCUT2D eigenvalue weighted by Gasteiger charge is -2.11. The highest BCUT2D eigenvalue weighted by atomic mass is 35.5. The number of nitrogens with one attached hydrogen (secondary N) is 1. The van der Waals surface area contributed by atoms with Gasteiger partial charge in [0.05, 0.1) is 15.9 Å². The van der Waals surface area contributed by atoms with Crippen molar-refractivity contribution in [3.8, 4) is 16.3 Å². The number of rotatable bonds is 5. The van der Waals surface area contributed by atoms with E-state index in [-0.39, 0.29) is 12.5 Å². The molecule has 29 heavy (non-hydrogen) atoms. The molecule has 0 saturated heterocycles. The van der Waals surface area contributed by atoms with E-state index < -0.39 is 0 Å². The van der Waals surface area contributed by atoms with Crippen molar-refractivity contribution >= 4 is 56.3 Å². The van der Waals surface area contributed by atoms with E-state index in [0.29, 0.717) is 21.5 Å². The predicted octanol–water partition coefficient (Wildman–Crippen LogP) is 6.60. The molecule has 4 nitrogen and oxygen atoms in total. The van der Waals surface area contributed by atoms with Crippen LogP contribution >= 0.6 is 34.5 Å². The average molecular weight is 443 g/mol. The number of carbonyl (C=O) groups is 1. The molecule has 0 aliphatic heterocycles. The molecule has 4 aromatic rings. The summed E-state index contributed by atoms with van der Waals surface area (Å²) in [5, 5.41) is 4.92. The second kappa shape index (κ2) is 8.41. The minimum absolute atomic E-state index is 0.122. The third kappa shape index (κ3) is 4.53. The second-order valence-corrected chi connectivity index (χ2v) is 8.30. The summed E-state index contributed by atoms with van der Waals surface area (Å²) in [5.74, 6) is 0.312. The van der Waals surface area contributed by atoms with Gasteiger partial charge in [-0.1, -0.05) is 35.3 Å². The topological polar surface area (TPSA) is 51.2 Å². The van der Waals surface area contributed by atoms with E-state index in [1.807, 2.05) is 31.2 Å². The Morgan fingerprint density at radius 2 is 1.93 bits per heavy atom.